The lowest BCUT2D eigenvalue weighted by molar-refractivity contribution is -0.217. The lowest BCUT2D eigenvalue weighted by Crippen LogP contribution is -2.47. The van der Waals surface area contributed by atoms with Crippen molar-refractivity contribution in [3.05, 3.63) is 29.3 Å². The lowest BCUT2D eigenvalue weighted by Gasteiger charge is -2.34. The van der Waals surface area contributed by atoms with Crippen LogP contribution in [0.1, 0.15) is 30.9 Å². The molecular weight excluding hydrogens is 273 g/mol. The van der Waals surface area contributed by atoms with E-state index in [0.717, 1.165) is 0 Å². The summed E-state index contributed by atoms with van der Waals surface area (Å²) in [5.41, 5.74) is 1.18. The molecule has 2 rings (SSSR count). The van der Waals surface area contributed by atoms with E-state index < -0.39 is 24.2 Å². The van der Waals surface area contributed by atoms with Crippen LogP contribution < -0.4 is 4.74 Å². The smallest absolute Gasteiger partial charge is 0.426 e. The summed E-state index contributed by atoms with van der Waals surface area (Å²) in [6.45, 7) is 3.70. The molecule has 20 heavy (non-hydrogen) atoms. The maximum absolute atomic E-state index is 13.0. The quantitative estimate of drug-likeness (QED) is 0.907. The molecule has 1 aromatic rings. The molecule has 1 aromatic carbocycles. The number of para-hydroxylation sites is 1. The maximum Gasteiger partial charge on any atom is 0.426 e. The number of halogens is 3. The first-order valence-electron chi connectivity index (χ1n) is 6.29. The summed E-state index contributed by atoms with van der Waals surface area (Å²) in [7, 11) is 0. The van der Waals surface area contributed by atoms with Crippen LogP contribution in [0, 0.1) is 5.92 Å². The Morgan fingerprint density at radius 3 is 2.55 bits per heavy atom. The predicted molar refractivity (Wildman–Crippen MR) is 65.8 cm³/mol. The molecule has 0 saturated carbocycles. The summed E-state index contributed by atoms with van der Waals surface area (Å²) in [6, 6.07) is 5.03. The van der Waals surface area contributed by atoms with Gasteiger partial charge in [-0.05, 0) is 23.5 Å². The van der Waals surface area contributed by atoms with Crippen molar-refractivity contribution >= 4 is 5.97 Å². The van der Waals surface area contributed by atoms with Gasteiger partial charge in [0.05, 0.1) is 0 Å². The van der Waals surface area contributed by atoms with Crippen molar-refractivity contribution in [3.63, 3.8) is 0 Å². The van der Waals surface area contributed by atoms with Crippen LogP contribution in [0.4, 0.5) is 13.2 Å². The Morgan fingerprint density at radius 1 is 1.40 bits per heavy atom. The molecule has 0 unspecified atom stereocenters. The van der Waals surface area contributed by atoms with Crippen LogP contribution in [0.15, 0.2) is 18.2 Å². The highest BCUT2D eigenvalue weighted by molar-refractivity contribution is 5.72. The van der Waals surface area contributed by atoms with Crippen molar-refractivity contribution in [1.29, 1.82) is 0 Å². The lowest BCUT2D eigenvalue weighted by atomic mass is 9.87. The highest BCUT2D eigenvalue weighted by Crippen LogP contribution is 2.41. The van der Waals surface area contributed by atoms with Crippen molar-refractivity contribution in [2.24, 2.45) is 5.92 Å². The van der Waals surface area contributed by atoms with E-state index in [0.29, 0.717) is 11.1 Å². The van der Waals surface area contributed by atoms with Gasteiger partial charge in [0.1, 0.15) is 11.7 Å². The van der Waals surface area contributed by atoms with Gasteiger partial charge in [-0.25, -0.2) is 0 Å². The summed E-state index contributed by atoms with van der Waals surface area (Å²) in [5, 5.41) is 9.00. The third kappa shape index (κ3) is 2.59. The van der Waals surface area contributed by atoms with Gasteiger partial charge < -0.3 is 9.84 Å². The van der Waals surface area contributed by atoms with Crippen LogP contribution in [0.5, 0.6) is 5.75 Å². The highest BCUT2D eigenvalue weighted by atomic mass is 19.4. The second kappa shape index (κ2) is 5.00. The number of rotatable bonds is 2. The first kappa shape index (κ1) is 14.7. The number of carboxylic acid groups (broad SMARTS) is 1. The molecule has 0 radical (unpaired) electrons. The SMILES string of the molecule is CC(C)c1cccc2c1O[C@H](C(F)(F)F)[C@H](C(=O)O)C2. The third-order valence-corrected chi connectivity index (χ3v) is 3.44. The highest BCUT2D eigenvalue weighted by Gasteiger charge is 2.52. The van der Waals surface area contributed by atoms with E-state index in [1.165, 1.54) is 0 Å². The number of hydrogen-bond acceptors (Lipinski definition) is 2. The number of carboxylic acids is 1. The van der Waals surface area contributed by atoms with Crippen LogP contribution >= 0.6 is 0 Å². The summed E-state index contributed by atoms with van der Waals surface area (Å²) in [6.07, 6.45) is -7.17. The molecule has 0 saturated heterocycles. The number of fused-ring (bicyclic) bond motifs is 1. The number of benzene rings is 1. The van der Waals surface area contributed by atoms with Gasteiger partial charge in [-0.1, -0.05) is 32.0 Å². The molecule has 3 nitrogen and oxygen atoms in total. The minimum absolute atomic E-state index is 0.000196. The zero-order valence-corrected chi connectivity index (χ0v) is 11.1. The minimum atomic E-state index is -4.70. The fourth-order valence-corrected chi connectivity index (χ4v) is 2.43. The Morgan fingerprint density at radius 2 is 2.05 bits per heavy atom. The molecule has 0 amide bonds. The topological polar surface area (TPSA) is 46.5 Å². The molecule has 0 aromatic heterocycles. The number of carbonyl (C=O) groups is 1. The Labute approximate surface area is 114 Å². The largest absolute Gasteiger partial charge is 0.481 e. The van der Waals surface area contributed by atoms with Crippen LogP contribution in [-0.4, -0.2) is 23.4 Å². The van der Waals surface area contributed by atoms with Gasteiger partial charge in [-0.15, -0.1) is 0 Å². The van der Waals surface area contributed by atoms with Crippen molar-refractivity contribution < 1.29 is 27.8 Å². The summed E-state index contributed by atoms with van der Waals surface area (Å²) in [4.78, 5) is 11.1. The number of ether oxygens (including phenoxy) is 1. The first-order valence-corrected chi connectivity index (χ1v) is 6.29. The summed E-state index contributed by atoms with van der Waals surface area (Å²) < 4.78 is 44.0. The van der Waals surface area contributed by atoms with Crippen LogP contribution in [-0.2, 0) is 11.2 Å². The fourth-order valence-electron chi connectivity index (χ4n) is 2.43. The van der Waals surface area contributed by atoms with E-state index in [1.807, 2.05) is 13.8 Å². The zero-order valence-electron chi connectivity index (χ0n) is 11.1. The standard InChI is InChI=1S/C14H15F3O3/c1-7(2)9-5-3-4-8-6-10(13(18)19)12(14(15,16)17)20-11(8)9/h3-5,7,10,12H,6H2,1-2H3,(H,18,19)/t10-,12+/m1/s1. The van der Waals surface area contributed by atoms with Gasteiger partial charge in [-0.2, -0.15) is 13.2 Å². The zero-order chi connectivity index (χ0) is 15.1. The minimum Gasteiger partial charge on any atom is -0.481 e. The molecule has 2 atom stereocenters. The van der Waals surface area contributed by atoms with Crippen LogP contribution in [0.25, 0.3) is 0 Å². The second-order valence-electron chi connectivity index (χ2n) is 5.22. The Bertz CT molecular complexity index is 523. The van der Waals surface area contributed by atoms with Crippen LogP contribution in [0.2, 0.25) is 0 Å². The van der Waals surface area contributed by atoms with Crippen molar-refractivity contribution in [1.82, 2.24) is 0 Å². The average molecular weight is 288 g/mol. The van der Waals surface area contributed by atoms with E-state index in [4.69, 9.17) is 9.84 Å². The average Bonchev–Trinajstić information content (AvgIpc) is 2.35. The summed E-state index contributed by atoms with van der Waals surface area (Å²) in [5.74, 6) is -2.92. The van der Waals surface area contributed by atoms with E-state index in [2.05, 4.69) is 0 Å². The van der Waals surface area contributed by atoms with Gasteiger partial charge >= 0.3 is 12.1 Å². The molecule has 0 fully saturated rings. The molecule has 1 N–H and O–H groups in total. The Kier molecular flexibility index (Phi) is 3.67. The Hall–Kier alpha value is -1.72. The molecule has 0 aliphatic carbocycles. The maximum atomic E-state index is 13.0. The first-order chi connectivity index (χ1) is 9.21. The molecule has 6 heteroatoms. The van der Waals surface area contributed by atoms with Crippen molar-refractivity contribution in [2.45, 2.75) is 38.5 Å². The number of hydrogen-bond donors (Lipinski definition) is 1. The second-order valence-corrected chi connectivity index (χ2v) is 5.22. The van der Waals surface area contributed by atoms with E-state index in [1.54, 1.807) is 18.2 Å². The van der Waals surface area contributed by atoms with Crippen LogP contribution in [0.3, 0.4) is 0 Å². The van der Waals surface area contributed by atoms with Gasteiger partial charge in [0.15, 0.2) is 0 Å². The fraction of sp³-hybridized carbons (Fsp3) is 0.500. The van der Waals surface area contributed by atoms with Gasteiger partial charge in [-0.3, -0.25) is 4.79 Å². The van der Waals surface area contributed by atoms with Gasteiger partial charge in [0.25, 0.3) is 0 Å². The van der Waals surface area contributed by atoms with E-state index in [9.17, 15) is 18.0 Å². The molecular formula is C14H15F3O3. The normalized spacial score (nSPS) is 22.3. The number of aliphatic carboxylic acids is 1. The van der Waals surface area contributed by atoms with Crippen molar-refractivity contribution in [2.75, 3.05) is 0 Å². The van der Waals surface area contributed by atoms with Crippen molar-refractivity contribution in [3.8, 4) is 5.75 Å². The number of alkyl halides is 3. The van der Waals surface area contributed by atoms with E-state index in [-0.39, 0.29) is 18.1 Å². The Balaban J connectivity index is 2.49. The summed E-state index contributed by atoms with van der Waals surface area (Å²) >= 11 is 0. The van der Waals surface area contributed by atoms with Gasteiger partial charge in [0, 0.05) is 0 Å². The molecule has 0 bridgehead atoms. The monoisotopic (exact) mass is 288 g/mol. The molecule has 1 heterocycles. The molecule has 0 spiro atoms. The van der Waals surface area contributed by atoms with Gasteiger partial charge in [0.2, 0.25) is 6.10 Å². The molecule has 1 aliphatic heterocycles. The molecule has 110 valence electrons. The predicted octanol–water partition coefficient (Wildman–Crippen LogP) is 3.38. The third-order valence-electron chi connectivity index (χ3n) is 3.44. The molecule has 1 aliphatic rings. The van der Waals surface area contributed by atoms with E-state index >= 15 is 0 Å².